The lowest BCUT2D eigenvalue weighted by Crippen LogP contribution is -2.05. The van der Waals surface area contributed by atoms with Gasteiger partial charge in [0.15, 0.2) is 0 Å². The van der Waals surface area contributed by atoms with E-state index in [9.17, 15) is 4.79 Å². The summed E-state index contributed by atoms with van der Waals surface area (Å²) in [6.45, 7) is 1.90. The molecule has 0 bridgehead atoms. The van der Waals surface area contributed by atoms with E-state index in [-0.39, 0.29) is 11.2 Å². The van der Waals surface area contributed by atoms with Crippen molar-refractivity contribution in [1.82, 2.24) is 0 Å². The summed E-state index contributed by atoms with van der Waals surface area (Å²) in [5, 5.41) is 0.271. The summed E-state index contributed by atoms with van der Waals surface area (Å²) >= 11 is 1.79. The Morgan fingerprint density at radius 1 is 1.00 bits per heavy atom. The van der Waals surface area contributed by atoms with Crippen molar-refractivity contribution in [3.05, 3.63) is 71.8 Å². The van der Waals surface area contributed by atoms with E-state index in [1.54, 1.807) is 11.8 Å². The summed E-state index contributed by atoms with van der Waals surface area (Å²) < 4.78 is 5.00. The Labute approximate surface area is 124 Å². The van der Waals surface area contributed by atoms with Gasteiger partial charge in [-0.05, 0) is 11.1 Å². The molecule has 0 fully saturated rings. The number of hydrogen-bond donors (Lipinski definition) is 0. The van der Waals surface area contributed by atoms with Crippen molar-refractivity contribution in [3.63, 3.8) is 0 Å². The van der Waals surface area contributed by atoms with Gasteiger partial charge in [0.1, 0.15) is 6.61 Å². The van der Waals surface area contributed by atoms with Crippen LogP contribution in [0.15, 0.2) is 60.7 Å². The fraction of sp³-hybridized carbons (Fsp3) is 0.235. The maximum atomic E-state index is 10.8. The second-order valence-electron chi connectivity index (χ2n) is 4.41. The van der Waals surface area contributed by atoms with Crippen molar-refractivity contribution in [3.8, 4) is 0 Å². The summed E-state index contributed by atoms with van der Waals surface area (Å²) in [5.41, 5.74) is 2.54. The lowest BCUT2D eigenvalue weighted by Gasteiger charge is -2.17. The van der Waals surface area contributed by atoms with Crippen LogP contribution in [-0.2, 0) is 9.53 Å². The molecule has 0 aliphatic carbocycles. The normalized spacial score (nSPS) is 10.5. The standard InChI is InChI=1S/C17H18O2S/c1-14(18)19-12-13-20-17(15-8-4-2-5-9-15)16-10-6-3-7-11-16/h2-11,17H,12-13H2,1H3. The van der Waals surface area contributed by atoms with Crippen molar-refractivity contribution in [2.45, 2.75) is 12.2 Å². The highest BCUT2D eigenvalue weighted by Gasteiger charge is 2.14. The molecule has 0 amide bonds. The largest absolute Gasteiger partial charge is 0.465 e. The molecule has 0 spiro atoms. The molecular weight excluding hydrogens is 268 g/mol. The van der Waals surface area contributed by atoms with Gasteiger partial charge in [-0.2, -0.15) is 0 Å². The van der Waals surface area contributed by atoms with Crippen LogP contribution >= 0.6 is 11.8 Å². The van der Waals surface area contributed by atoms with E-state index < -0.39 is 0 Å². The van der Waals surface area contributed by atoms with Crippen molar-refractivity contribution >= 4 is 17.7 Å². The topological polar surface area (TPSA) is 26.3 Å². The molecule has 0 atom stereocenters. The Hall–Kier alpha value is -1.74. The van der Waals surface area contributed by atoms with Gasteiger partial charge < -0.3 is 4.74 Å². The van der Waals surface area contributed by atoms with Crippen molar-refractivity contribution in [1.29, 1.82) is 0 Å². The van der Waals surface area contributed by atoms with Crippen LogP contribution in [0.4, 0.5) is 0 Å². The highest BCUT2D eigenvalue weighted by Crippen LogP contribution is 2.35. The molecule has 0 aliphatic rings. The Kier molecular flexibility index (Phi) is 5.69. The van der Waals surface area contributed by atoms with Gasteiger partial charge in [-0.15, -0.1) is 11.8 Å². The third-order valence-electron chi connectivity index (χ3n) is 2.88. The zero-order valence-corrected chi connectivity index (χ0v) is 12.3. The number of esters is 1. The van der Waals surface area contributed by atoms with Crippen LogP contribution in [0.3, 0.4) is 0 Å². The molecule has 3 heteroatoms. The predicted molar refractivity (Wildman–Crippen MR) is 83.8 cm³/mol. The first-order chi connectivity index (χ1) is 9.77. The molecule has 2 aromatic carbocycles. The fourth-order valence-electron chi connectivity index (χ4n) is 1.99. The van der Waals surface area contributed by atoms with Gasteiger partial charge in [0, 0.05) is 12.7 Å². The SMILES string of the molecule is CC(=O)OCCSC(c1ccccc1)c1ccccc1. The molecule has 0 saturated heterocycles. The minimum Gasteiger partial charge on any atom is -0.465 e. The summed E-state index contributed by atoms with van der Waals surface area (Å²) in [6, 6.07) is 20.8. The zero-order valence-electron chi connectivity index (χ0n) is 11.5. The highest BCUT2D eigenvalue weighted by atomic mass is 32.2. The molecular formula is C17H18O2S. The average Bonchev–Trinajstić information content (AvgIpc) is 2.49. The predicted octanol–water partition coefficient (Wildman–Crippen LogP) is 4.07. The second-order valence-corrected chi connectivity index (χ2v) is 5.63. The van der Waals surface area contributed by atoms with Gasteiger partial charge in [-0.25, -0.2) is 0 Å². The van der Waals surface area contributed by atoms with Crippen molar-refractivity contribution < 1.29 is 9.53 Å². The molecule has 0 heterocycles. The molecule has 104 valence electrons. The van der Waals surface area contributed by atoms with Gasteiger partial charge in [0.2, 0.25) is 0 Å². The monoisotopic (exact) mass is 286 g/mol. The summed E-state index contributed by atoms with van der Waals surface area (Å²) in [5.74, 6) is 0.565. The first-order valence-electron chi connectivity index (χ1n) is 6.62. The maximum absolute atomic E-state index is 10.8. The van der Waals surface area contributed by atoms with E-state index >= 15 is 0 Å². The van der Waals surface area contributed by atoms with E-state index in [1.165, 1.54) is 18.1 Å². The van der Waals surface area contributed by atoms with Crippen LogP contribution < -0.4 is 0 Å². The first-order valence-corrected chi connectivity index (χ1v) is 7.67. The number of carbonyl (C=O) groups is 1. The van der Waals surface area contributed by atoms with Crippen molar-refractivity contribution in [2.24, 2.45) is 0 Å². The van der Waals surface area contributed by atoms with Gasteiger partial charge >= 0.3 is 5.97 Å². The fourth-order valence-corrected chi connectivity index (χ4v) is 3.11. The Bertz CT molecular complexity index is 486. The minimum absolute atomic E-state index is 0.221. The summed E-state index contributed by atoms with van der Waals surface area (Å²) in [4.78, 5) is 10.8. The van der Waals surface area contributed by atoms with Gasteiger partial charge in [-0.1, -0.05) is 60.7 Å². The van der Waals surface area contributed by atoms with E-state index in [0.29, 0.717) is 6.61 Å². The van der Waals surface area contributed by atoms with Crippen LogP contribution in [0.1, 0.15) is 23.3 Å². The summed E-state index contributed by atoms with van der Waals surface area (Å²) in [6.07, 6.45) is 0. The van der Waals surface area contributed by atoms with Crippen LogP contribution in [-0.4, -0.2) is 18.3 Å². The van der Waals surface area contributed by atoms with Crippen LogP contribution in [0.2, 0.25) is 0 Å². The molecule has 2 aromatic rings. The van der Waals surface area contributed by atoms with Gasteiger partial charge in [-0.3, -0.25) is 4.79 Å². The van der Waals surface area contributed by atoms with E-state index in [0.717, 1.165) is 5.75 Å². The van der Waals surface area contributed by atoms with Crippen LogP contribution in [0, 0.1) is 0 Å². The summed E-state index contributed by atoms with van der Waals surface area (Å²) in [7, 11) is 0. The van der Waals surface area contributed by atoms with Crippen LogP contribution in [0.25, 0.3) is 0 Å². The first kappa shape index (κ1) is 14.7. The Morgan fingerprint density at radius 2 is 1.50 bits per heavy atom. The Morgan fingerprint density at radius 3 is 1.95 bits per heavy atom. The third-order valence-corrected chi connectivity index (χ3v) is 4.16. The molecule has 2 nitrogen and oxygen atoms in total. The molecule has 0 radical (unpaired) electrons. The molecule has 2 rings (SSSR count). The lowest BCUT2D eigenvalue weighted by atomic mass is 10.0. The van der Waals surface area contributed by atoms with Crippen LogP contribution in [0.5, 0.6) is 0 Å². The second kappa shape index (κ2) is 7.75. The van der Waals surface area contributed by atoms with Gasteiger partial charge in [0.25, 0.3) is 0 Å². The number of thioether (sulfide) groups is 1. The maximum Gasteiger partial charge on any atom is 0.302 e. The molecule has 0 aliphatic heterocycles. The van der Waals surface area contributed by atoms with E-state index in [1.807, 2.05) is 12.1 Å². The molecule has 0 saturated carbocycles. The molecule has 0 N–H and O–H groups in total. The Balaban J connectivity index is 2.07. The molecule has 0 unspecified atom stereocenters. The molecule has 20 heavy (non-hydrogen) atoms. The number of ether oxygens (including phenoxy) is 1. The smallest absolute Gasteiger partial charge is 0.302 e. The zero-order chi connectivity index (χ0) is 14.2. The van der Waals surface area contributed by atoms with Gasteiger partial charge in [0.05, 0.1) is 5.25 Å². The quantitative estimate of drug-likeness (QED) is 0.591. The van der Waals surface area contributed by atoms with E-state index in [2.05, 4.69) is 48.5 Å². The number of hydrogen-bond acceptors (Lipinski definition) is 3. The van der Waals surface area contributed by atoms with Crippen molar-refractivity contribution in [2.75, 3.05) is 12.4 Å². The minimum atomic E-state index is -0.221. The highest BCUT2D eigenvalue weighted by molar-refractivity contribution is 7.99. The third kappa shape index (κ3) is 4.42. The average molecular weight is 286 g/mol. The number of benzene rings is 2. The lowest BCUT2D eigenvalue weighted by molar-refractivity contribution is -0.140. The number of carbonyl (C=O) groups excluding carboxylic acids is 1. The molecule has 0 aromatic heterocycles. The number of rotatable bonds is 6. The van der Waals surface area contributed by atoms with E-state index in [4.69, 9.17) is 4.74 Å².